The number of halogens is 1. The van der Waals surface area contributed by atoms with Gasteiger partial charge in [0.1, 0.15) is 5.69 Å². The van der Waals surface area contributed by atoms with E-state index in [4.69, 9.17) is 0 Å². The van der Waals surface area contributed by atoms with Gasteiger partial charge in [0.25, 0.3) is 5.91 Å². The first-order valence-electron chi connectivity index (χ1n) is 3.19. The molecule has 0 fully saturated rings. The van der Waals surface area contributed by atoms with Crippen LogP contribution in [0.15, 0.2) is 16.7 Å². The van der Waals surface area contributed by atoms with Crippen LogP contribution >= 0.6 is 15.9 Å². The zero-order valence-corrected chi connectivity index (χ0v) is 7.97. The summed E-state index contributed by atoms with van der Waals surface area (Å²) in [4.78, 5) is 11.1. The standard InChI is InChI=1S/C7H9BrN2O/c1-9-7(11)6-3-5(8)4-10(6)2/h3-4H,1-2H3,(H,9,11). The smallest absolute Gasteiger partial charge is 0.267 e. The third-order valence-electron chi connectivity index (χ3n) is 1.43. The number of rotatable bonds is 1. The zero-order chi connectivity index (χ0) is 8.43. The normalized spacial score (nSPS) is 9.73. The van der Waals surface area contributed by atoms with E-state index in [1.165, 1.54) is 0 Å². The maximum Gasteiger partial charge on any atom is 0.267 e. The Morgan fingerprint density at radius 2 is 2.36 bits per heavy atom. The molecule has 1 aromatic heterocycles. The Kier molecular flexibility index (Phi) is 2.34. The van der Waals surface area contributed by atoms with Crippen LogP contribution in [0, 0.1) is 0 Å². The third kappa shape index (κ3) is 1.63. The second-order valence-electron chi connectivity index (χ2n) is 2.23. The van der Waals surface area contributed by atoms with Crippen molar-refractivity contribution >= 4 is 21.8 Å². The van der Waals surface area contributed by atoms with Gasteiger partial charge in [-0.2, -0.15) is 0 Å². The molecule has 60 valence electrons. The van der Waals surface area contributed by atoms with Gasteiger partial charge in [-0.05, 0) is 22.0 Å². The molecule has 0 saturated carbocycles. The minimum absolute atomic E-state index is 0.0711. The third-order valence-corrected chi connectivity index (χ3v) is 1.86. The Balaban J connectivity index is 3.03. The number of carbonyl (C=O) groups excluding carboxylic acids is 1. The van der Waals surface area contributed by atoms with Crippen molar-refractivity contribution in [2.24, 2.45) is 7.05 Å². The molecule has 11 heavy (non-hydrogen) atoms. The molecule has 1 N–H and O–H groups in total. The topological polar surface area (TPSA) is 34.0 Å². The molecule has 0 spiro atoms. The Bertz CT molecular complexity index is 280. The number of nitrogens with zero attached hydrogens (tertiary/aromatic N) is 1. The van der Waals surface area contributed by atoms with Crippen LogP contribution < -0.4 is 5.32 Å². The van der Waals surface area contributed by atoms with E-state index in [2.05, 4.69) is 21.2 Å². The summed E-state index contributed by atoms with van der Waals surface area (Å²) < 4.78 is 2.68. The molecular formula is C7H9BrN2O. The molecule has 0 unspecified atom stereocenters. The largest absolute Gasteiger partial charge is 0.354 e. The van der Waals surface area contributed by atoms with Gasteiger partial charge in [-0.25, -0.2) is 0 Å². The molecule has 1 amide bonds. The van der Waals surface area contributed by atoms with Crippen molar-refractivity contribution in [3.8, 4) is 0 Å². The molecule has 1 rings (SSSR count). The number of hydrogen-bond donors (Lipinski definition) is 1. The van der Waals surface area contributed by atoms with E-state index in [-0.39, 0.29) is 5.91 Å². The molecular weight excluding hydrogens is 208 g/mol. The Labute approximate surface area is 73.5 Å². The number of hydrogen-bond acceptors (Lipinski definition) is 1. The fourth-order valence-electron chi connectivity index (χ4n) is 0.878. The van der Waals surface area contributed by atoms with E-state index < -0.39 is 0 Å². The molecule has 0 saturated heterocycles. The SMILES string of the molecule is CNC(=O)c1cc(Br)cn1C. The van der Waals surface area contributed by atoms with Gasteiger partial charge in [0.15, 0.2) is 0 Å². The predicted molar refractivity (Wildman–Crippen MR) is 46.5 cm³/mol. The molecule has 1 aromatic rings. The van der Waals surface area contributed by atoms with Crippen molar-refractivity contribution in [1.82, 2.24) is 9.88 Å². The first-order chi connectivity index (χ1) is 5.15. The minimum atomic E-state index is -0.0711. The van der Waals surface area contributed by atoms with Gasteiger partial charge >= 0.3 is 0 Å². The molecule has 4 heteroatoms. The fraction of sp³-hybridized carbons (Fsp3) is 0.286. The van der Waals surface area contributed by atoms with Crippen LogP contribution in [0.4, 0.5) is 0 Å². The molecule has 0 atom stereocenters. The Morgan fingerprint density at radius 3 is 2.73 bits per heavy atom. The van der Waals surface area contributed by atoms with E-state index in [9.17, 15) is 4.79 Å². The molecule has 0 bridgehead atoms. The molecule has 0 radical (unpaired) electrons. The molecule has 3 nitrogen and oxygen atoms in total. The highest BCUT2D eigenvalue weighted by Crippen LogP contribution is 2.12. The molecule has 0 aromatic carbocycles. The summed E-state index contributed by atoms with van der Waals surface area (Å²) in [5.41, 5.74) is 0.652. The number of amides is 1. The highest BCUT2D eigenvalue weighted by molar-refractivity contribution is 9.10. The van der Waals surface area contributed by atoms with Crippen LogP contribution in [0.3, 0.4) is 0 Å². The summed E-state index contributed by atoms with van der Waals surface area (Å²) in [6.45, 7) is 0. The fourth-order valence-corrected chi connectivity index (χ4v) is 1.40. The van der Waals surface area contributed by atoms with Crippen LogP contribution in [0.2, 0.25) is 0 Å². The first kappa shape index (κ1) is 8.33. The molecule has 1 heterocycles. The number of aromatic nitrogens is 1. The molecule has 0 aliphatic rings. The van der Waals surface area contributed by atoms with E-state index in [0.29, 0.717) is 5.69 Å². The summed E-state index contributed by atoms with van der Waals surface area (Å²) in [5, 5.41) is 2.55. The summed E-state index contributed by atoms with van der Waals surface area (Å²) in [6, 6.07) is 1.78. The minimum Gasteiger partial charge on any atom is -0.354 e. The number of nitrogens with one attached hydrogen (secondary N) is 1. The van der Waals surface area contributed by atoms with E-state index >= 15 is 0 Å². The van der Waals surface area contributed by atoms with E-state index in [1.807, 2.05) is 13.2 Å². The lowest BCUT2D eigenvalue weighted by atomic mass is 10.4. The highest BCUT2D eigenvalue weighted by Gasteiger charge is 2.07. The lowest BCUT2D eigenvalue weighted by Crippen LogP contribution is -2.20. The summed E-state index contributed by atoms with van der Waals surface area (Å²) in [7, 11) is 3.44. The van der Waals surface area contributed by atoms with Crippen LogP contribution in [0.25, 0.3) is 0 Å². The van der Waals surface area contributed by atoms with Crippen LogP contribution in [0.1, 0.15) is 10.5 Å². The second-order valence-corrected chi connectivity index (χ2v) is 3.15. The number of aryl methyl sites for hydroxylation is 1. The van der Waals surface area contributed by atoms with E-state index in [1.54, 1.807) is 17.7 Å². The maximum atomic E-state index is 11.1. The molecule has 0 aliphatic carbocycles. The molecule has 0 aliphatic heterocycles. The average molecular weight is 217 g/mol. The summed E-state index contributed by atoms with van der Waals surface area (Å²) in [6.07, 6.45) is 1.84. The van der Waals surface area contributed by atoms with Gasteiger partial charge in [0, 0.05) is 24.8 Å². The summed E-state index contributed by atoms with van der Waals surface area (Å²) in [5.74, 6) is -0.0711. The van der Waals surface area contributed by atoms with Crippen molar-refractivity contribution in [2.45, 2.75) is 0 Å². The van der Waals surface area contributed by atoms with Gasteiger partial charge in [-0.15, -0.1) is 0 Å². The van der Waals surface area contributed by atoms with Crippen molar-refractivity contribution < 1.29 is 4.79 Å². The van der Waals surface area contributed by atoms with Crippen molar-refractivity contribution in [2.75, 3.05) is 7.05 Å². The lowest BCUT2D eigenvalue weighted by molar-refractivity contribution is 0.0955. The van der Waals surface area contributed by atoms with Crippen molar-refractivity contribution in [1.29, 1.82) is 0 Å². The van der Waals surface area contributed by atoms with Crippen molar-refractivity contribution in [3.63, 3.8) is 0 Å². The highest BCUT2D eigenvalue weighted by atomic mass is 79.9. The van der Waals surface area contributed by atoms with Gasteiger partial charge in [0.05, 0.1) is 0 Å². The Morgan fingerprint density at radius 1 is 1.73 bits per heavy atom. The van der Waals surface area contributed by atoms with Crippen LogP contribution in [-0.2, 0) is 7.05 Å². The van der Waals surface area contributed by atoms with Crippen LogP contribution in [-0.4, -0.2) is 17.5 Å². The summed E-state index contributed by atoms with van der Waals surface area (Å²) >= 11 is 3.28. The number of carbonyl (C=O) groups is 1. The van der Waals surface area contributed by atoms with E-state index in [0.717, 1.165) is 4.47 Å². The zero-order valence-electron chi connectivity index (χ0n) is 6.39. The monoisotopic (exact) mass is 216 g/mol. The van der Waals surface area contributed by atoms with Gasteiger partial charge in [-0.3, -0.25) is 4.79 Å². The first-order valence-corrected chi connectivity index (χ1v) is 3.98. The predicted octanol–water partition coefficient (Wildman–Crippen LogP) is 1.15. The van der Waals surface area contributed by atoms with Gasteiger partial charge < -0.3 is 9.88 Å². The quantitative estimate of drug-likeness (QED) is 0.752. The Hall–Kier alpha value is -0.770. The van der Waals surface area contributed by atoms with Gasteiger partial charge in [0.2, 0.25) is 0 Å². The van der Waals surface area contributed by atoms with Gasteiger partial charge in [-0.1, -0.05) is 0 Å². The maximum absolute atomic E-state index is 11.1. The average Bonchev–Trinajstić information content (AvgIpc) is 2.28. The lowest BCUT2D eigenvalue weighted by Gasteiger charge is -1.98. The van der Waals surface area contributed by atoms with Crippen LogP contribution in [0.5, 0.6) is 0 Å². The second kappa shape index (κ2) is 3.09. The van der Waals surface area contributed by atoms with Crippen molar-refractivity contribution in [3.05, 3.63) is 22.4 Å².